The molecule has 160 valence electrons. The van der Waals surface area contributed by atoms with E-state index in [9.17, 15) is 13.6 Å². The predicted molar refractivity (Wildman–Crippen MR) is 111 cm³/mol. The summed E-state index contributed by atoms with van der Waals surface area (Å²) in [5, 5.41) is 6.50. The molecule has 0 saturated carbocycles. The number of rotatable bonds is 9. The fourth-order valence-corrected chi connectivity index (χ4v) is 2.98. The Morgan fingerprint density at radius 1 is 1.17 bits per heavy atom. The summed E-state index contributed by atoms with van der Waals surface area (Å²) in [5.41, 5.74) is 1.27. The van der Waals surface area contributed by atoms with Crippen molar-refractivity contribution in [3.8, 4) is 11.5 Å². The maximum atomic E-state index is 12.1. The van der Waals surface area contributed by atoms with E-state index in [0.717, 1.165) is 0 Å². The first kappa shape index (κ1) is 23.4. The highest BCUT2D eigenvalue weighted by Gasteiger charge is 2.18. The zero-order valence-corrected chi connectivity index (χ0v) is 17.6. The number of nitrogens with zero attached hydrogens (tertiary/aromatic N) is 1. The Labute approximate surface area is 182 Å². The highest BCUT2D eigenvalue weighted by molar-refractivity contribution is 6.45. The van der Waals surface area contributed by atoms with Crippen molar-refractivity contribution in [3.63, 3.8) is 0 Å². The number of hydrogen-bond donors (Lipinski definition) is 1. The number of hydrogen-bond acceptors (Lipinski definition) is 5. The highest BCUT2D eigenvalue weighted by atomic mass is 35.5. The quantitative estimate of drug-likeness (QED) is 0.431. The van der Waals surface area contributed by atoms with Crippen LogP contribution in [0.3, 0.4) is 0 Å². The molecule has 0 saturated heterocycles. The van der Waals surface area contributed by atoms with Gasteiger partial charge in [0.25, 0.3) is 12.0 Å². The third-order valence-electron chi connectivity index (χ3n) is 3.73. The van der Waals surface area contributed by atoms with Gasteiger partial charge >= 0.3 is 0 Å². The van der Waals surface area contributed by atoms with Crippen LogP contribution in [0.25, 0.3) is 0 Å². The lowest BCUT2D eigenvalue weighted by atomic mass is 10.0. The van der Waals surface area contributed by atoms with E-state index in [0.29, 0.717) is 23.0 Å². The predicted octanol–water partition coefficient (Wildman–Crippen LogP) is 4.83. The Balaban J connectivity index is 2.21. The number of carbonyl (C=O) groups excluding carboxylic acids is 1. The van der Waals surface area contributed by atoms with Gasteiger partial charge in [-0.05, 0) is 5.56 Å². The minimum atomic E-state index is -1.87. The minimum absolute atomic E-state index is 0.0673. The standard InChI is InChI=1S/C20H18Cl2F2N2O4/c1-25-20(27)18(26-28-2)14-6-4-3-5-12(14)11-30-13-9-15(21)19(16(22)10-13)29-8-7-17(23)24/h3-7,9-10H,8,11H2,1-2H3,(H,25,27)/b26-18+. The molecule has 0 bridgehead atoms. The Morgan fingerprint density at radius 2 is 1.83 bits per heavy atom. The van der Waals surface area contributed by atoms with Crippen LogP contribution in [0.15, 0.2) is 53.7 Å². The van der Waals surface area contributed by atoms with E-state index < -0.39 is 12.0 Å². The first-order valence-corrected chi connectivity index (χ1v) is 9.30. The van der Waals surface area contributed by atoms with Gasteiger partial charge in [-0.15, -0.1) is 0 Å². The van der Waals surface area contributed by atoms with Crippen LogP contribution in [0.1, 0.15) is 11.1 Å². The summed E-state index contributed by atoms with van der Waals surface area (Å²) in [7, 11) is 2.82. The van der Waals surface area contributed by atoms with Crippen molar-refractivity contribution in [1.29, 1.82) is 0 Å². The average molecular weight is 459 g/mol. The molecule has 0 fully saturated rings. The lowest BCUT2D eigenvalue weighted by molar-refractivity contribution is -0.114. The molecule has 0 spiro atoms. The molecule has 1 amide bonds. The van der Waals surface area contributed by atoms with Crippen LogP contribution in [0.5, 0.6) is 11.5 Å². The maximum Gasteiger partial charge on any atom is 0.273 e. The van der Waals surface area contributed by atoms with E-state index in [2.05, 4.69) is 10.5 Å². The minimum Gasteiger partial charge on any atom is -0.489 e. The molecule has 2 rings (SSSR count). The van der Waals surface area contributed by atoms with Crippen LogP contribution in [-0.4, -0.2) is 32.4 Å². The summed E-state index contributed by atoms with van der Waals surface area (Å²) >= 11 is 12.3. The first-order valence-electron chi connectivity index (χ1n) is 8.54. The molecule has 30 heavy (non-hydrogen) atoms. The van der Waals surface area contributed by atoms with Crippen molar-refractivity contribution in [2.75, 3.05) is 20.8 Å². The zero-order valence-electron chi connectivity index (χ0n) is 16.0. The fourth-order valence-electron chi connectivity index (χ4n) is 2.41. The number of oxime groups is 1. The fraction of sp³-hybridized carbons (Fsp3) is 0.200. The molecule has 2 aromatic rings. The van der Waals surface area contributed by atoms with Crippen LogP contribution in [0, 0.1) is 0 Å². The Hall–Kier alpha value is -2.84. The Morgan fingerprint density at radius 3 is 2.43 bits per heavy atom. The second-order valence-corrected chi connectivity index (χ2v) is 6.48. The van der Waals surface area contributed by atoms with E-state index in [1.54, 1.807) is 24.3 Å². The third-order valence-corrected chi connectivity index (χ3v) is 4.29. The van der Waals surface area contributed by atoms with Gasteiger partial charge in [-0.25, -0.2) is 0 Å². The summed E-state index contributed by atoms with van der Waals surface area (Å²) < 4.78 is 35.2. The van der Waals surface area contributed by atoms with Crippen molar-refractivity contribution in [2.24, 2.45) is 5.16 Å². The molecule has 0 radical (unpaired) electrons. The molecule has 0 aliphatic carbocycles. The number of carbonyl (C=O) groups is 1. The van der Waals surface area contributed by atoms with Crippen LogP contribution in [0.2, 0.25) is 10.0 Å². The van der Waals surface area contributed by atoms with Gasteiger partial charge in [0, 0.05) is 30.8 Å². The first-order chi connectivity index (χ1) is 14.4. The number of nitrogens with one attached hydrogen (secondary N) is 1. The van der Waals surface area contributed by atoms with Crippen LogP contribution >= 0.6 is 23.2 Å². The van der Waals surface area contributed by atoms with Gasteiger partial charge in [-0.1, -0.05) is 52.6 Å². The van der Waals surface area contributed by atoms with Crippen molar-refractivity contribution >= 4 is 34.8 Å². The van der Waals surface area contributed by atoms with Crippen LogP contribution in [-0.2, 0) is 16.2 Å². The van der Waals surface area contributed by atoms with E-state index in [4.69, 9.17) is 37.5 Å². The normalized spacial score (nSPS) is 10.9. The summed E-state index contributed by atoms with van der Waals surface area (Å²) in [6.45, 7) is -0.310. The zero-order chi connectivity index (χ0) is 22.1. The van der Waals surface area contributed by atoms with Crippen LogP contribution < -0.4 is 14.8 Å². The molecule has 2 aromatic carbocycles. The van der Waals surface area contributed by atoms with Crippen molar-refractivity contribution in [2.45, 2.75) is 6.61 Å². The summed E-state index contributed by atoms with van der Waals surface area (Å²) in [6.07, 6.45) is -1.27. The third kappa shape index (κ3) is 6.33. The molecular weight excluding hydrogens is 441 g/mol. The molecule has 6 nitrogen and oxygen atoms in total. The van der Waals surface area contributed by atoms with E-state index in [-0.39, 0.29) is 34.7 Å². The van der Waals surface area contributed by atoms with Gasteiger partial charge in [0.1, 0.15) is 26.1 Å². The van der Waals surface area contributed by atoms with E-state index in [1.165, 1.54) is 26.3 Å². The molecule has 0 aliphatic rings. The number of halogens is 4. The van der Waals surface area contributed by atoms with Crippen molar-refractivity contribution in [1.82, 2.24) is 5.32 Å². The van der Waals surface area contributed by atoms with Gasteiger partial charge in [-0.3, -0.25) is 4.79 Å². The maximum absolute atomic E-state index is 12.1. The molecular formula is C20H18Cl2F2N2O4. The van der Waals surface area contributed by atoms with Gasteiger partial charge in [0.05, 0.1) is 10.0 Å². The molecule has 0 heterocycles. The molecule has 0 aromatic heterocycles. The summed E-state index contributed by atoms with van der Waals surface area (Å²) in [6, 6.07) is 9.90. The Kier molecular flexibility index (Phi) is 8.89. The molecule has 0 aliphatic heterocycles. The van der Waals surface area contributed by atoms with Crippen molar-refractivity contribution < 1.29 is 27.9 Å². The smallest absolute Gasteiger partial charge is 0.273 e. The lowest BCUT2D eigenvalue weighted by Crippen LogP contribution is -2.29. The SMILES string of the molecule is CNC(=O)/C(=N/OC)c1ccccc1COc1cc(Cl)c(OCC=C(F)F)c(Cl)c1. The molecule has 0 atom stereocenters. The van der Waals surface area contributed by atoms with Gasteiger partial charge < -0.3 is 19.6 Å². The van der Waals surface area contributed by atoms with Gasteiger partial charge in [0.15, 0.2) is 11.5 Å². The second kappa shape index (κ2) is 11.4. The lowest BCUT2D eigenvalue weighted by Gasteiger charge is -2.14. The van der Waals surface area contributed by atoms with E-state index >= 15 is 0 Å². The monoisotopic (exact) mass is 458 g/mol. The number of benzene rings is 2. The number of likely N-dealkylation sites (N-methyl/N-ethyl adjacent to an activating group) is 1. The van der Waals surface area contributed by atoms with Crippen molar-refractivity contribution in [3.05, 3.63) is 69.7 Å². The highest BCUT2D eigenvalue weighted by Crippen LogP contribution is 2.37. The molecule has 1 N–H and O–H groups in total. The second-order valence-electron chi connectivity index (χ2n) is 5.67. The molecule has 0 unspecified atom stereocenters. The topological polar surface area (TPSA) is 69.2 Å². The molecule has 10 heteroatoms. The average Bonchev–Trinajstić information content (AvgIpc) is 2.72. The van der Waals surface area contributed by atoms with Gasteiger partial charge in [0.2, 0.25) is 0 Å². The summed E-state index contributed by atoms with van der Waals surface area (Å²) in [5.74, 6) is -0.0297. The van der Waals surface area contributed by atoms with Gasteiger partial charge in [-0.2, -0.15) is 8.78 Å². The Bertz CT molecular complexity index is 941. The van der Waals surface area contributed by atoms with E-state index in [1.807, 2.05) is 0 Å². The number of amides is 1. The number of ether oxygens (including phenoxy) is 2. The summed E-state index contributed by atoms with van der Waals surface area (Å²) in [4.78, 5) is 16.9. The van der Waals surface area contributed by atoms with Crippen LogP contribution in [0.4, 0.5) is 8.78 Å². The largest absolute Gasteiger partial charge is 0.489 e.